The molecule has 5 nitrogen and oxygen atoms in total. The second-order valence-electron chi connectivity index (χ2n) is 3.99. The summed E-state index contributed by atoms with van der Waals surface area (Å²) in [4.78, 5) is 27.2. The summed E-state index contributed by atoms with van der Waals surface area (Å²) in [6.07, 6.45) is 1.81. The molecule has 1 N–H and O–H groups in total. The van der Waals surface area contributed by atoms with Crippen LogP contribution in [0, 0.1) is 6.92 Å². The Morgan fingerprint density at radius 2 is 2.22 bits per heavy atom. The van der Waals surface area contributed by atoms with Gasteiger partial charge in [0.2, 0.25) is 5.91 Å². The molecule has 98 valence electrons. The van der Waals surface area contributed by atoms with Crippen LogP contribution in [-0.2, 0) is 20.7 Å². The summed E-state index contributed by atoms with van der Waals surface area (Å²) in [5.74, 6) is -0.666. The lowest BCUT2D eigenvalue weighted by Crippen LogP contribution is -2.40. The van der Waals surface area contributed by atoms with Crippen molar-refractivity contribution in [3.05, 3.63) is 29.6 Å². The first-order valence-corrected chi connectivity index (χ1v) is 5.91. The number of hydrogen-bond acceptors (Lipinski definition) is 4. The SMILES string of the molecule is CCOC(=O)C(C)NC(=O)Cc1ncccc1C. The number of nitrogens with zero attached hydrogens (tertiary/aromatic N) is 1. The molecule has 0 aliphatic carbocycles. The van der Waals surface area contributed by atoms with Crippen LogP contribution in [0.15, 0.2) is 18.3 Å². The molecule has 1 unspecified atom stereocenters. The molecule has 18 heavy (non-hydrogen) atoms. The summed E-state index contributed by atoms with van der Waals surface area (Å²) in [7, 11) is 0. The Morgan fingerprint density at radius 1 is 1.50 bits per heavy atom. The molecule has 1 atom stereocenters. The predicted molar refractivity (Wildman–Crippen MR) is 66.9 cm³/mol. The minimum absolute atomic E-state index is 0.163. The number of pyridine rings is 1. The first-order chi connectivity index (χ1) is 8.54. The molecule has 0 fully saturated rings. The highest BCUT2D eigenvalue weighted by Crippen LogP contribution is 2.04. The van der Waals surface area contributed by atoms with E-state index >= 15 is 0 Å². The van der Waals surface area contributed by atoms with Gasteiger partial charge in [-0.15, -0.1) is 0 Å². The lowest BCUT2D eigenvalue weighted by Gasteiger charge is -2.12. The number of carbonyl (C=O) groups excluding carboxylic acids is 2. The van der Waals surface area contributed by atoms with Crippen molar-refractivity contribution in [2.75, 3.05) is 6.61 Å². The third-order valence-electron chi connectivity index (χ3n) is 2.46. The number of ether oxygens (including phenoxy) is 1. The Balaban J connectivity index is 2.52. The summed E-state index contributed by atoms with van der Waals surface area (Å²) < 4.78 is 4.81. The maximum atomic E-state index is 11.7. The fraction of sp³-hybridized carbons (Fsp3) is 0.462. The maximum Gasteiger partial charge on any atom is 0.328 e. The van der Waals surface area contributed by atoms with Crippen LogP contribution in [0.5, 0.6) is 0 Å². The van der Waals surface area contributed by atoms with Gasteiger partial charge in [-0.25, -0.2) is 4.79 Å². The van der Waals surface area contributed by atoms with E-state index in [0.29, 0.717) is 12.3 Å². The fourth-order valence-corrected chi connectivity index (χ4v) is 1.47. The van der Waals surface area contributed by atoms with Crippen molar-refractivity contribution in [3.63, 3.8) is 0 Å². The Hall–Kier alpha value is -1.91. The second-order valence-corrected chi connectivity index (χ2v) is 3.99. The standard InChI is InChI=1S/C13H18N2O3/c1-4-18-13(17)10(3)15-12(16)8-11-9(2)6-5-7-14-11/h5-7,10H,4,8H2,1-3H3,(H,15,16). The van der Waals surface area contributed by atoms with E-state index in [1.807, 2.05) is 19.1 Å². The predicted octanol–water partition coefficient (Wildman–Crippen LogP) is 1.00. The molecule has 0 spiro atoms. The van der Waals surface area contributed by atoms with Crippen LogP contribution in [-0.4, -0.2) is 29.5 Å². The van der Waals surface area contributed by atoms with E-state index < -0.39 is 12.0 Å². The zero-order valence-corrected chi connectivity index (χ0v) is 10.9. The molecule has 0 bridgehead atoms. The van der Waals surface area contributed by atoms with E-state index in [1.165, 1.54) is 0 Å². The van der Waals surface area contributed by atoms with Crippen molar-refractivity contribution in [2.45, 2.75) is 33.2 Å². The number of aryl methyl sites for hydroxylation is 1. The van der Waals surface area contributed by atoms with Gasteiger partial charge in [0.05, 0.1) is 18.7 Å². The lowest BCUT2D eigenvalue weighted by molar-refractivity contribution is -0.146. The molecule has 1 aromatic heterocycles. The zero-order chi connectivity index (χ0) is 13.5. The monoisotopic (exact) mass is 250 g/mol. The minimum atomic E-state index is -0.638. The smallest absolute Gasteiger partial charge is 0.328 e. The van der Waals surface area contributed by atoms with Crippen molar-refractivity contribution < 1.29 is 14.3 Å². The van der Waals surface area contributed by atoms with Crippen molar-refractivity contribution in [1.29, 1.82) is 0 Å². The highest BCUT2D eigenvalue weighted by molar-refractivity contribution is 5.85. The van der Waals surface area contributed by atoms with Crippen molar-refractivity contribution in [1.82, 2.24) is 10.3 Å². The van der Waals surface area contributed by atoms with Crippen molar-refractivity contribution in [2.24, 2.45) is 0 Å². The zero-order valence-electron chi connectivity index (χ0n) is 10.9. The van der Waals surface area contributed by atoms with Gasteiger partial charge in [-0.1, -0.05) is 6.07 Å². The van der Waals surface area contributed by atoms with Gasteiger partial charge in [-0.2, -0.15) is 0 Å². The molecule has 1 amide bonds. The molecule has 5 heteroatoms. The number of aromatic nitrogens is 1. The second kappa shape index (κ2) is 6.74. The Labute approximate surface area is 107 Å². The first-order valence-electron chi connectivity index (χ1n) is 5.91. The highest BCUT2D eigenvalue weighted by atomic mass is 16.5. The quantitative estimate of drug-likeness (QED) is 0.792. The number of hydrogen-bond donors (Lipinski definition) is 1. The van der Waals surface area contributed by atoms with Crippen LogP contribution in [0.4, 0.5) is 0 Å². The molecule has 0 saturated heterocycles. The van der Waals surface area contributed by atoms with Gasteiger partial charge in [-0.3, -0.25) is 9.78 Å². The van der Waals surface area contributed by atoms with E-state index in [0.717, 1.165) is 5.56 Å². The molecule has 1 heterocycles. The van der Waals surface area contributed by atoms with Gasteiger partial charge >= 0.3 is 5.97 Å². The topological polar surface area (TPSA) is 68.3 Å². The van der Waals surface area contributed by atoms with Gasteiger partial charge < -0.3 is 10.1 Å². The molecule has 1 rings (SSSR count). The summed E-state index contributed by atoms with van der Waals surface area (Å²) in [6, 6.07) is 3.07. The van der Waals surface area contributed by atoms with E-state index in [2.05, 4.69) is 10.3 Å². The summed E-state index contributed by atoms with van der Waals surface area (Å²) in [6.45, 7) is 5.52. The van der Waals surface area contributed by atoms with Gasteiger partial charge in [-0.05, 0) is 32.4 Å². The number of amides is 1. The molecular weight excluding hydrogens is 232 g/mol. The van der Waals surface area contributed by atoms with Crippen LogP contribution < -0.4 is 5.32 Å². The molecule has 0 radical (unpaired) electrons. The molecule has 1 aromatic rings. The summed E-state index contributed by atoms with van der Waals surface area (Å²) >= 11 is 0. The maximum absolute atomic E-state index is 11.7. The van der Waals surface area contributed by atoms with Crippen molar-refractivity contribution >= 4 is 11.9 Å². The molecule has 0 aliphatic rings. The van der Waals surface area contributed by atoms with E-state index in [1.54, 1.807) is 20.0 Å². The van der Waals surface area contributed by atoms with Gasteiger partial charge in [0.25, 0.3) is 0 Å². The van der Waals surface area contributed by atoms with Crippen LogP contribution in [0.1, 0.15) is 25.1 Å². The van der Waals surface area contributed by atoms with Crippen molar-refractivity contribution in [3.8, 4) is 0 Å². The Kier molecular flexibility index (Phi) is 5.30. The number of esters is 1. The Morgan fingerprint density at radius 3 is 2.83 bits per heavy atom. The van der Waals surface area contributed by atoms with Crippen LogP contribution in [0.3, 0.4) is 0 Å². The Bertz CT molecular complexity index is 432. The molecule has 0 aliphatic heterocycles. The fourth-order valence-electron chi connectivity index (χ4n) is 1.47. The van der Waals surface area contributed by atoms with Gasteiger partial charge in [0.1, 0.15) is 6.04 Å². The molecule has 0 saturated carbocycles. The first kappa shape index (κ1) is 14.2. The molecule has 0 aromatic carbocycles. The largest absolute Gasteiger partial charge is 0.464 e. The molecular formula is C13H18N2O3. The summed E-state index contributed by atoms with van der Waals surface area (Å²) in [5, 5.41) is 2.59. The van der Waals surface area contributed by atoms with E-state index in [4.69, 9.17) is 4.74 Å². The average Bonchev–Trinajstić information content (AvgIpc) is 2.32. The number of carbonyl (C=O) groups is 2. The highest BCUT2D eigenvalue weighted by Gasteiger charge is 2.17. The minimum Gasteiger partial charge on any atom is -0.464 e. The van der Waals surface area contributed by atoms with Crippen LogP contribution in [0.2, 0.25) is 0 Å². The van der Waals surface area contributed by atoms with Gasteiger partial charge in [0, 0.05) is 6.20 Å². The van der Waals surface area contributed by atoms with Crippen LogP contribution >= 0.6 is 0 Å². The number of nitrogens with one attached hydrogen (secondary N) is 1. The average molecular weight is 250 g/mol. The third kappa shape index (κ3) is 4.16. The van der Waals surface area contributed by atoms with E-state index in [-0.39, 0.29) is 12.3 Å². The number of rotatable bonds is 5. The lowest BCUT2D eigenvalue weighted by atomic mass is 10.1. The summed E-state index contributed by atoms with van der Waals surface area (Å²) in [5.41, 5.74) is 1.67. The van der Waals surface area contributed by atoms with Crippen LogP contribution in [0.25, 0.3) is 0 Å². The normalized spacial score (nSPS) is 11.7. The van der Waals surface area contributed by atoms with Gasteiger partial charge in [0.15, 0.2) is 0 Å². The van der Waals surface area contributed by atoms with E-state index in [9.17, 15) is 9.59 Å². The third-order valence-corrected chi connectivity index (χ3v) is 2.46.